The number of hydrogen-bond acceptors (Lipinski definition) is 3. The van der Waals surface area contributed by atoms with Crippen LogP contribution in [0.25, 0.3) is 94.0 Å². The van der Waals surface area contributed by atoms with Crippen LogP contribution in [0.1, 0.15) is 184 Å². The molecule has 0 unspecified atom stereocenters. The van der Waals surface area contributed by atoms with Gasteiger partial charge in [-0.3, -0.25) is 9.55 Å². The van der Waals surface area contributed by atoms with Crippen molar-refractivity contribution in [2.75, 3.05) is 0 Å². The van der Waals surface area contributed by atoms with Crippen molar-refractivity contribution in [1.29, 1.82) is 0 Å². The number of imidazole rings is 1. The smallest absolute Gasteiger partial charge is 0.188 e. The highest BCUT2D eigenvalue weighted by Crippen LogP contribution is 2.47. The van der Waals surface area contributed by atoms with Gasteiger partial charge in [-0.15, -0.1) is 0 Å². The lowest BCUT2D eigenvalue weighted by atomic mass is 9.80. The van der Waals surface area contributed by atoms with Gasteiger partial charge < -0.3 is 9.67 Å². The Labute approximate surface area is 495 Å². The maximum Gasteiger partial charge on any atom is 0.188 e. The first-order valence-corrected chi connectivity index (χ1v) is 29.7. The third kappa shape index (κ3) is 11.2. The van der Waals surface area contributed by atoms with E-state index in [0.29, 0.717) is 17.1 Å². The maximum atomic E-state index is 11.7. The van der Waals surface area contributed by atoms with E-state index in [1.54, 1.807) is 18.2 Å². The van der Waals surface area contributed by atoms with Crippen LogP contribution in [0.5, 0.6) is 5.75 Å². The molecule has 6 heteroatoms. The van der Waals surface area contributed by atoms with E-state index in [2.05, 4.69) is 275 Å². The van der Waals surface area contributed by atoms with Crippen LogP contribution in [0.3, 0.4) is 0 Å². The molecule has 0 saturated heterocycles. The average Bonchev–Trinajstić information content (AvgIpc) is 3.86. The predicted octanol–water partition coefficient (Wildman–Crippen LogP) is 21.5. The summed E-state index contributed by atoms with van der Waals surface area (Å²) in [5.41, 5.74) is 21.1. The number of rotatable bonds is 6. The summed E-state index contributed by atoms with van der Waals surface area (Å²) in [6.07, 6.45) is 1.99. The van der Waals surface area contributed by atoms with Crippen LogP contribution >= 0.6 is 0 Å². The van der Waals surface area contributed by atoms with Gasteiger partial charge in [-0.1, -0.05) is 188 Å². The number of aromatic nitrogens is 4. The zero-order valence-corrected chi connectivity index (χ0v) is 53.5. The van der Waals surface area contributed by atoms with Crippen molar-refractivity contribution in [1.82, 2.24) is 19.1 Å². The highest BCUT2D eigenvalue weighted by Gasteiger charge is 2.30. The van der Waals surface area contributed by atoms with Gasteiger partial charge in [-0.2, -0.15) is 0 Å². The Morgan fingerprint density at radius 1 is 0.398 bits per heavy atom. The first-order valence-electron chi connectivity index (χ1n) is 29.7. The molecule has 10 rings (SSSR count). The van der Waals surface area contributed by atoms with E-state index in [-0.39, 0.29) is 43.7 Å². The first kappa shape index (κ1) is 58.4. The van der Waals surface area contributed by atoms with E-state index in [0.717, 1.165) is 55.9 Å². The molecule has 0 bridgehead atoms. The fourth-order valence-electron chi connectivity index (χ4n) is 11.4. The summed E-state index contributed by atoms with van der Waals surface area (Å²) in [6, 6.07) is 49.0. The second-order valence-corrected chi connectivity index (χ2v) is 30.8. The van der Waals surface area contributed by atoms with Crippen LogP contribution in [0.2, 0.25) is 0 Å². The summed E-state index contributed by atoms with van der Waals surface area (Å²) < 4.78 is 4.74. The molecule has 3 aromatic heterocycles. The van der Waals surface area contributed by atoms with Crippen molar-refractivity contribution < 1.29 is 5.11 Å². The SMILES string of the molecule is [C-]#[N+]c1ccc(O)c(-c2nc3c(-c4cc(-c5cc(-c6cc(C(C)(C)C)cc7c8cc(C(C)(C)C)ccc8n(-c8cc(C(C)(C)C)cc(C(C)(C)C)c8)c67)ccn5)cc(C(C)(C)C)c4)cccc3n2-c2cc(C(C)(C)C)cc(C(C)(C)C)c2)c1. The molecule has 1 N–H and O–H groups in total. The van der Waals surface area contributed by atoms with Crippen molar-refractivity contribution in [3.63, 3.8) is 0 Å². The lowest BCUT2D eigenvalue weighted by Crippen LogP contribution is -2.17. The van der Waals surface area contributed by atoms with Crippen LogP contribution in [0.15, 0.2) is 140 Å². The van der Waals surface area contributed by atoms with Crippen LogP contribution in [-0.2, 0) is 37.9 Å². The minimum atomic E-state index is -0.225. The van der Waals surface area contributed by atoms with Gasteiger partial charge in [0.05, 0.1) is 34.3 Å². The molecule has 10 aromatic rings. The molecule has 83 heavy (non-hydrogen) atoms. The van der Waals surface area contributed by atoms with Crippen molar-refractivity contribution in [3.8, 4) is 62.0 Å². The molecule has 0 aliphatic heterocycles. The number of benzene rings is 7. The molecule has 6 nitrogen and oxygen atoms in total. The molecule has 0 amide bonds. The standard InChI is InChI=1S/C77H87N5O/c1-71(2,3)49-26-28-65-61(42-49)62-44-55(77(19,20)21)43-60(69(62)81(65)57-38-51(73(7,8)9)36-52(39-57)74(10,11)12)46-30-31-79-64(35-46)48-32-47(33-50(34-48)72(4,5)6)59-24-23-25-66-68(59)80-70(63-45-56(78-22)27-29-67(63)83)82(66)58-40-53(75(13,14)15)37-54(41-58)76(16,17)18/h23-45,83H,1-21H3. The van der Waals surface area contributed by atoms with Crippen molar-refractivity contribution in [3.05, 3.63) is 190 Å². The molecule has 426 valence electrons. The molecule has 7 aromatic carbocycles. The fourth-order valence-corrected chi connectivity index (χ4v) is 11.4. The molecule has 0 saturated carbocycles. The van der Waals surface area contributed by atoms with Gasteiger partial charge >= 0.3 is 0 Å². The van der Waals surface area contributed by atoms with E-state index in [1.807, 2.05) is 6.20 Å². The number of phenolic OH excluding ortho intramolecular Hbond substituents is 1. The summed E-state index contributed by atoms with van der Waals surface area (Å²) >= 11 is 0. The average molecular weight is 1100 g/mol. The van der Waals surface area contributed by atoms with Gasteiger partial charge in [-0.25, -0.2) is 9.83 Å². The fraction of sp³-hybridized carbons (Fsp3) is 0.364. The number of aromatic hydroxyl groups is 1. The molecule has 0 aliphatic carbocycles. The molecular weight excluding hydrogens is 1010 g/mol. The maximum absolute atomic E-state index is 11.7. The Bertz CT molecular complexity index is 4190. The second kappa shape index (κ2) is 20.0. The van der Waals surface area contributed by atoms with E-state index >= 15 is 0 Å². The number of para-hydroxylation sites is 1. The van der Waals surface area contributed by atoms with E-state index in [4.69, 9.17) is 16.5 Å². The largest absolute Gasteiger partial charge is 0.507 e. The molecule has 0 spiro atoms. The van der Waals surface area contributed by atoms with Crippen LogP contribution < -0.4 is 0 Å². The molecule has 0 radical (unpaired) electrons. The zero-order valence-electron chi connectivity index (χ0n) is 53.5. The van der Waals surface area contributed by atoms with Gasteiger partial charge in [0.25, 0.3) is 0 Å². The highest BCUT2D eigenvalue weighted by atomic mass is 16.3. The van der Waals surface area contributed by atoms with Crippen molar-refractivity contribution in [2.24, 2.45) is 0 Å². The summed E-state index contributed by atoms with van der Waals surface area (Å²) in [5, 5.41) is 14.2. The number of nitrogens with zero attached hydrogens (tertiary/aromatic N) is 5. The van der Waals surface area contributed by atoms with E-state index in [9.17, 15) is 5.11 Å². The van der Waals surface area contributed by atoms with Crippen molar-refractivity contribution >= 4 is 38.5 Å². The molecule has 0 fully saturated rings. The number of fused-ring (bicyclic) bond motifs is 4. The molecule has 3 heterocycles. The van der Waals surface area contributed by atoms with E-state index < -0.39 is 0 Å². The number of phenols is 1. The lowest BCUT2D eigenvalue weighted by molar-refractivity contribution is 0.477. The molecule has 0 atom stereocenters. The summed E-state index contributed by atoms with van der Waals surface area (Å²) in [6.45, 7) is 56.1. The van der Waals surface area contributed by atoms with Crippen LogP contribution in [-0.4, -0.2) is 24.2 Å². The Balaban J connectivity index is 1.25. The zero-order chi connectivity index (χ0) is 60.5. The number of pyridine rings is 1. The third-order valence-electron chi connectivity index (χ3n) is 16.9. The monoisotopic (exact) mass is 1100 g/mol. The second-order valence-electron chi connectivity index (χ2n) is 30.8. The lowest BCUT2D eigenvalue weighted by Gasteiger charge is -2.27. The summed E-state index contributed by atoms with van der Waals surface area (Å²) in [5.74, 6) is 0.633. The quantitative estimate of drug-likeness (QED) is 0.169. The Kier molecular flexibility index (Phi) is 14.1. The Hall–Kier alpha value is -7.75. The third-order valence-corrected chi connectivity index (χ3v) is 16.9. The van der Waals surface area contributed by atoms with Crippen LogP contribution in [0.4, 0.5) is 5.69 Å². The van der Waals surface area contributed by atoms with Gasteiger partial charge in [-0.05, 0) is 179 Å². The predicted molar refractivity (Wildman–Crippen MR) is 354 cm³/mol. The summed E-state index contributed by atoms with van der Waals surface area (Å²) in [7, 11) is 0. The van der Waals surface area contributed by atoms with Gasteiger partial charge in [0.1, 0.15) is 11.6 Å². The number of hydrogen-bond donors (Lipinski definition) is 1. The first-order chi connectivity index (χ1) is 38.4. The molecular formula is C77H87N5O. The van der Waals surface area contributed by atoms with E-state index in [1.165, 1.54) is 60.8 Å². The molecule has 0 aliphatic rings. The van der Waals surface area contributed by atoms with Gasteiger partial charge in [0.2, 0.25) is 0 Å². The topological polar surface area (TPSA) is 60.2 Å². The Morgan fingerprint density at radius 3 is 1.45 bits per heavy atom. The highest BCUT2D eigenvalue weighted by molar-refractivity contribution is 6.14. The normalized spacial score (nSPS) is 13.2. The minimum absolute atomic E-state index is 0.0466. The summed E-state index contributed by atoms with van der Waals surface area (Å²) in [4.78, 5) is 14.6. The minimum Gasteiger partial charge on any atom is -0.507 e. The Morgan fingerprint density at radius 2 is 0.904 bits per heavy atom. The van der Waals surface area contributed by atoms with Gasteiger partial charge in [0, 0.05) is 50.6 Å². The van der Waals surface area contributed by atoms with Gasteiger partial charge in [0.15, 0.2) is 5.69 Å². The van der Waals surface area contributed by atoms with Crippen LogP contribution in [0, 0.1) is 6.57 Å². The van der Waals surface area contributed by atoms with Crippen molar-refractivity contribution in [2.45, 2.75) is 183 Å².